The number of benzene rings is 1. The first-order chi connectivity index (χ1) is 9.66. The van der Waals surface area contributed by atoms with E-state index in [1.807, 2.05) is 11.0 Å². The molecule has 0 atom stereocenters. The zero-order valence-electron chi connectivity index (χ0n) is 12.8. The summed E-state index contributed by atoms with van der Waals surface area (Å²) in [4.78, 5) is 13.5. The molecule has 1 heterocycles. The molecular weight excluding hydrogens is 250 g/mol. The molecule has 2 aliphatic rings. The first-order valence-corrected chi connectivity index (χ1v) is 7.58. The highest BCUT2D eigenvalue weighted by atomic mass is 16.5. The van der Waals surface area contributed by atoms with Gasteiger partial charge in [0.15, 0.2) is 0 Å². The number of amides is 1. The maximum absolute atomic E-state index is 11.7. The largest absolute Gasteiger partial charge is 0.453 e. The topological polar surface area (TPSA) is 29.5 Å². The van der Waals surface area contributed by atoms with Gasteiger partial charge in [0, 0.05) is 18.5 Å². The molecule has 1 fully saturated rings. The molecule has 1 aliphatic carbocycles. The van der Waals surface area contributed by atoms with Crippen molar-refractivity contribution in [2.24, 2.45) is 0 Å². The first kappa shape index (κ1) is 14.9. The number of nitrogens with zero attached hydrogens (tertiary/aromatic N) is 1. The van der Waals surface area contributed by atoms with Crippen LogP contribution in [0, 0.1) is 0 Å². The summed E-state index contributed by atoms with van der Waals surface area (Å²) in [6, 6.07) is 8.51. The SMILES string of the molecule is CCC.COC(=O)N1Cc2ccccc2C2(CCC2)C1. The number of rotatable bonds is 0. The molecule has 0 radical (unpaired) electrons. The Bertz CT molecular complexity index is 466. The fourth-order valence-corrected chi connectivity index (χ4v) is 3.18. The predicted octanol–water partition coefficient (Wildman–Crippen LogP) is 4.11. The van der Waals surface area contributed by atoms with Gasteiger partial charge >= 0.3 is 6.09 Å². The molecule has 3 rings (SSSR count). The number of ether oxygens (including phenoxy) is 1. The fourth-order valence-electron chi connectivity index (χ4n) is 3.18. The number of hydrogen-bond donors (Lipinski definition) is 0. The van der Waals surface area contributed by atoms with Gasteiger partial charge < -0.3 is 9.64 Å². The van der Waals surface area contributed by atoms with E-state index in [1.54, 1.807) is 0 Å². The van der Waals surface area contributed by atoms with Gasteiger partial charge in [0.05, 0.1) is 7.11 Å². The summed E-state index contributed by atoms with van der Waals surface area (Å²) >= 11 is 0. The van der Waals surface area contributed by atoms with Crippen molar-refractivity contribution >= 4 is 6.09 Å². The number of carbonyl (C=O) groups is 1. The molecule has 20 heavy (non-hydrogen) atoms. The van der Waals surface area contributed by atoms with E-state index in [9.17, 15) is 4.79 Å². The third-order valence-corrected chi connectivity index (χ3v) is 4.19. The van der Waals surface area contributed by atoms with E-state index in [0.29, 0.717) is 6.54 Å². The molecule has 1 saturated carbocycles. The standard InChI is InChI=1S/C14H17NO2.C3H8/c1-17-13(16)15-9-11-5-2-3-6-12(11)14(10-15)7-4-8-14;1-3-2/h2-3,5-6H,4,7-10H2,1H3;3H2,1-2H3. The maximum atomic E-state index is 11.7. The molecule has 110 valence electrons. The van der Waals surface area contributed by atoms with E-state index < -0.39 is 0 Å². The fraction of sp³-hybridized carbons (Fsp3) is 0.588. The third-order valence-electron chi connectivity index (χ3n) is 4.19. The maximum Gasteiger partial charge on any atom is 0.409 e. The normalized spacial score (nSPS) is 18.4. The molecule has 0 unspecified atom stereocenters. The Hall–Kier alpha value is -1.51. The van der Waals surface area contributed by atoms with Crippen LogP contribution < -0.4 is 0 Å². The summed E-state index contributed by atoms with van der Waals surface area (Å²) < 4.78 is 4.85. The minimum Gasteiger partial charge on any atom is -0.453 e. The van der Waals surface area contributed by atoms with Gasteiger partial charge in [-0.15, -0.1) is 0 Å². The second kappa shape index (κ2) is 6.29. The molecule has 1 aliphatic heterocycles. The minimum atomic E-state index is -0.203. The Morgan fingerprint density at radius 1 is 1.30 bits per heavy atom. The second-order valence-electron chi connectivity index (χ2n) is 5.82. The lowest BCUT2D eigenvalue weighted by molar-refractivity contribution is 0.0810. The van der Waals surface area contributed by atoms with Crippen molar-refractivity contribution in [1.82, 2.24) is 4.90 Å². The van der Waals surface area contributed by atoms with Crippen LogP contribution in [0.5, 0.6) is 0 Å². The van der Waals surface area contributed by atoms with Gasteiger partial charge in [-0.25, -0.2) is 4.79 Å². The highest BCUT2D eigenvalue weighted by Crippen LogP contribution is 2.48. The summed E-state index contributed by atoms with van der Waals surface area (Å²) in [6.45, 7) is 5.75. The lowest BCUT2D eigenvalue weighted by Crippen LogP contribution is -2.51. The van der Waals surface area contributed by atoms with E-state index in [0.717, 1.165) is 6.54 Å². The van der Waals surface area contributed by atoms with Crippen LogP contribution in [0.4, 0.5) is 4.79 Å². The van der Waals surface area contributed by atoms with Crippen molar-refractivity contribution in [2.75, 3.05) is 13.7 Å². The summed E-state index contributed by atoms with van der Waals surface area (Å²) in [7, 11) is 1.45. The monoisotopic (exact) mass is 275 g/mol. The Morgan fingerprint density at radius 3 is 2.50 bits per heavy atom. The average Bonchev–Trinajstić information content (AvgIpc) is 2.44. The van der Waals surface area contributed by atoms with Gasteiger partial charge in [-0.3, -0.25) is 0 Å². The molecule has 0 bridgehead atoms. The Kier molecular flexibility index (Phi) is 4.69. The Labute approximate surface area is 121 Å². The molecule has 0 saturated heterocycles. The second-order valence-corrected chi connectivity index (χ2v) is 5.82. The Morgan fingerprint density at radius 2 is 1.95 bits per heavy atom. The van der Waals surface area contributed by atoms with Crippen LogP contribution in [0.25, 0.3) is 0 Å². The summed E-state index contributed by atoms with van der Waals surface area (Å²) in [5, 5.41) is 0. The minimum absolute atomic E-state index is 0.203. The highest BCUT2D eigenvalue weighted by molar-refractivity contribution is 5.68. The van der Waals surface area contributed by atoms with Crippen molar-refractivity contribution in [1.29, 1.82) is 0 Å². The van der Waals surface area contributed by atoms with Crippen LogP contribution in [0.3, 0.4) is 0 Å². The zero-order valence-corrected chi connectivity index (χ0v) is 12.8. The highest BCUT2D eigenvalue weighted by Gasteiger charge is 2.45. The predicted molar refractivity (Wildman–Crippen MR) is 80.8 cm³/mol. The number of methoxy groups -OCH3 is 1. The van der Waals surface area contributed by atoms with Crippen LogP contribution in [0.2, 0.25) is 0 Å². The van der Waals surface area contributed by atoms with E-state index in [-0.39, 0.29) is 11.5 Å². The zero-order chi connectivity index (χ0) is 14.6. The molecule has 1 aromatic carbocycles. The van der Waals surface area contributed by atoms with Gasteiger partial charge in [-0.2, -0.15) is 0 Å². The summed E-state index contributed by atoms with van der Waals surface area (Å²) in [5.74, 6) is 0. The summed E-state index contributed by atoms with van der Waals surface area (Å²) in [5.41, 5.74) is 2.94. The quantitative estimate of drug-likeness (QED) is 0.713. The van der Waals surface area contributed by atoms with Gasteiger partial charge in [-0.1, -0.05) is 51.0 Å². The molecule has 1 amide bonds. The first-order valence-electron chi connectivity index (χ1n) is 7.58. The smallest absolute Gasteiger partial charge is 0.409 e. The van der Waals surface area contributed by atoms with Crippen LogP contribution >= 0.6 is 0 Å². The van der Waals surface area contributed by atoms with Crippen molar-refractivity contribution in [2.45, 2.75) is 51.5 Å². The molecule has 0 N–H and O–H groups in total. The molecule has 3 nitrogen and oxygen atoms in total. The van der Waals surface area contributed by atoms with Crippen molar-refractivity contribution in [3.63, 3.8) is 0 Å². The molecule has 0 aromatic heterocycles. The van der Waals surface area contributed by atoms with E-state index >= 15 is 0 Å². The van der Waals surface area contributed by atoms with Gasteiger partial charge in [0.25, 0.3) is 0 Å². The molecule has 3 heteroatoms. The molecular formula is C17H25NO2. The average molecular weight is 275 g/mol. The van der Waals surface area contributed by atoms with Gasteiger partial charge in [0.2, 0.25) is 0 Å². The lowest BCUT2D eigenvalue weighted by atomic mass is 9.61. The third kappa shape index (κ3) is 2.67. The van der Waals surface area contributed by atoms with Crippen molar-refractivity contribution < 1.29 is 9.53 Å². The Balaban J connectivity index is 0.000000452. The van der Waals surface area contributed by atoms with E-state index in [2.05, 4.69) is 32.0 Å². The summed E-state index contributed by atoms with van der Waals surface area (Å²) in [6.07, 6.45) is 4.70. The van der Waals surface area contributed by atoms with Crippen LogP contribution in [-0.4, -0.2) is 24.6 Å². The van der Waals surface area contributed by atoms with E-state index in [1.165, 1.54) is 43.9 Å². The van der Waals surface area contributed by atoms with Crippen LogP contribution in [-0.2, 0) is 16.7 Å². The van der Waals surface area contributed by atoms with Crippen LogP contribution in [0.15, 0.2) is 24.3 Å². The van der Waals surface area contributed by atoms with E-state index in [4.69, 9.17) is 4.74 Å². The molecule has 1 spiro atoms. The number of hydrogen-bond acceptors (Lipinski definition) is 2. The van der Waals surface area contributed by atoms with Gasteiger partial charge in [0.1, 0.15) is 0 Å². The van der Waals surface area contributed by atoms with Gasteiger partial charge in [-0.05, 0) is 24.0 Å². The number of fused-ring (bicyclic) bond motifs is 2. The lowest BCUT2D eigenvalue weighted by Gasteiger charge is -2.49. The van der Waals surface area contributed by atoms with Crippen molar-refractivity contribution in [3.05, 3.63) is 35.4 Å². The van der Waals surface area contributed by atoms with Crippen molar-refractivity contribution in [3.8, 4) is 0 Å². The number of carbonyl (C=O) groups excluding carboxylic acids is 1. The molecule has 1 aromatic rings. The van der Waals surface area contributed by atoms with Crippen LogP contribution in [0.1, 0.15) is 50.7 Å².